The number of nitrogens with zero attached hydrogens (tertiary/aromatic N) is 2. The fourth-order valence-electron chi connectivity index (χ4n) is 10.4. The molecule has 1 heterocycles. The summed E-state index contributed by atoms with van der Waals surface area (Å²) in [7, 11) is -6.92. The minimum absolute atomic E-state index is 0.00380. The minimum atomic E-state index is -4.23. The quantitative estimate of drug-likeness (QED) is 0.0197. The molecule has 25 nitrogen and oxygen atoms in total. The van der Waals surface area contributed by atoms with Gasteiger partial charge in [0.15, 0.2) is 0 Å². The van der Waals surface area contributed by atoms with Crippen LogP contribution in [0.1, 0.15) is 197 Å². The monoisotopic (exact) mass is 1290 g/mol. The van der Waals surface area contributed by atoms with Gasteiger partial charge in [0.25, 0.3) is 20.0 Å². The number of unbranched alkanes of at least 4 members (excludes halogenated alkanes) is 7. The summed E-state index contributed by atoms with van der Waals surface area (Å²) in [5.41, 5.74) is 15.1. The molecule has 0 spiro atoms. The molecule has 0 saturated heterocycles. The van der Waals surface area contributed by atoms with Crippen LogP contribution >= 0.6 is 0 Å². The van der Waals surface area contributed by atoms with Gasteiger partial charge in [-0.25, -0.2) is 35.9 Å². The molecule has 3 rings (SSSR count). The Morgan fingerprint density at radius 1 is 0.674 bits per heavy atom. The van der Waals surface area contributed by atoms with Crippen molar-refractivity contribution in [3.05, 3.63) is 45.0 Å². The number of hydrogen-bond acceptors (Lipinski definition) is 15. The van der Waals surface area contributed by atoms with Crippen molar-refractivity contribution < 1.29 is 64.9 Å². The molecule has 89 heavy (non-hydrogen) atoms. The number of hydrogen-bond donors (Lipinski definition) is 10. The van der Waals surface area contributed by atoms with Crippen LogP contribution in [0.5, 0.6) is 11.5 Å². The number of ether oxygens (including phenoxy) is 3. The molecule has 1 aliphatic heterocycles. The Morgan fingerprint density at radius 3 is 1.75 bits per heavy atom. The maximum absolute atomic E-state index is 14.4. The maximum atomic E-state index is 14.4. The molecule has 0 aliphatic carbocycles. The van der Waals surface area contributed by atoms with E-state index < -0.39 is 109 Å². The number of carbonyl (C=O) groups excluding carboxylic acids is 5. The van der Waals surface area contributed by atoms with Crippen LogP contribution in [-0.2, 0) is 55.2 Å². The van der Waals surface area contributed by atoms with Crippen LogP contribution in [0, 0.1) is 47.5 Å². The molecule has 502 valence electrons. The molecule has 0 radical (unpaired) electrons. The summed E-state index contributed by atoms with van der Waals surface area (Å²) < 4.78 is 76.3. The lowest BCUT2D eigenvalue weighted by molar-refractivity contribution is -0.142. The fourth-order valence-corrected chi connectivity index (χ4v) is 13.4. The first-order chi connectivity index (χ1) is 41.5. The number of guanidine groups is 2. The molecule has 12 N–H and O–H groups in total. The third-order valence-electron chi connectivity index (χ3n) is 15.5. The van der Waals surface area contributed by atoms with Crippen molar-refractivity contribution in [3.63, 3.8) is 0 Å². The number of sulfonamides is 2. The van der Waals surface area contributed by atoms with E-state index in [0.29, 0.717) is 70.6 Å². The highest BCUT2D eigenvalue weighted by Gasteiger charge is 2.36. The molecule has 4 atom stereocenters. The highest BCUT2D eigenvalue weighted by atomic mass is 32.2. The number of benzene rings is 2. The number of carboxylic acids is 1. The lowest BCUT2D eigenvalue weighted by Crippen LogP contribution is -2.59. The van der Waals surface area contributed by atoms with Crippen molar-refractivity contribution in [2.75, 3.05) is 26.7 Å². The normalized spacial score (nSPS) is 14.9. The molecular formula is C62H103N11O14S2. The maximum Gasteiger partial charge on any atom is 0.407 e. The second-order valence-corrected chi connectivity index (χ2v) is 28.2. The summed E-state index contributed by atoms with van der Waals surface area (Å²) in [5.74, 6) is -4.39. The van der Waals surface area contributed by atoms with Crippen LogP contribution in [-0.4, -0.2) is 132 Å². The summed E-state index contributed by atoms with van der Waals surface area (Å²) in [5, 5.41) is 23.7. The highest BCUT2D eigenvalue weighted by Crippen LogP contribution is 2.42. The number of aliphatic imine (C=N–C) groups is 2. The first kappa shape index (κ1) is 76.3. The number of nitrogens with one attached hydrogen (secondary N) is 7. The van der Waals surface area contributed by atoms with Crippen LogP contribution in [0.15, 0.2) is 25.8 Å². The van der Waals surface area contributed by atoms with Gasteiger partial charge in [-0.15, -0.1) is 0 Å². The van der Waals surface area contributed by atoms with E-state index in [1.165, 1.54) is 7.11 Å². The van der Waals surface area contributed by atoms with Crippen LogP contribution < -0.4 is 57.0 Å². The second kappa shape index (κ2) is 34.9. The average molecular weight is 1290 g/mol. The summed E-state index contributed by atoms with van der Waals surface area (Å²) in [4.78, 5) is 89.8. The molecule has 1 aliphatic rings. The van der Waals surface area contributed by atoms with Crippen LogP contribution in [0.25, 0.3) is 0 Å². The second-order valence-electron chi connectivity index (χ2n) is 25.0. The van der Waals surface area contributed by atoms with E-state index in [4.69, 9.17) is 25.7 Å². The minimum Gasteiger partial charge on any atom is -0.496 e. The lowest BCUT2D eigenvalue weighted by atomic mass is 9.88. The standard InChI is InChI=1S/C62H103N11O14S2/c1-16-17-18-19-20-21-22-30-49(74)68-45(28-25-34-65-58(63)72-88(81,82)52-38(4)36-48(85-15)39(5)41(52)7)55(76)71-50(37(2)3)56(77)69-46(27-23-24-33-67-60(80)87-61(10,11)12)54(75)70-47(57(78)79)29-26-35-66-59(64)73-89(83,84)53-42(8)40(6)51-44(43(53)9)31-32-62(13,14)86-51/h36-37,45-47,50H,16-35H2,1-15H3,(H,67,80)(H,68,74)(H,69,77)(H,70,75)(H,71,76)(H,78,79)(H3,63,65,72)(H3,64,66,73)/t45-,46-,47-,50-/m0/s1. The summed E-state index contributed by atoms with van der Waals surface area (Å²) in [6.07, 6.45) is 7.99. The number of nitrogens with two attached hydrogens (primary N) is 2. The van der Waals surface area contributed by atoms with Gasteiger partial charge in [-0.3, -0.25) is 29.2 Å². The van der Waals surface area contributed by atoms with Gasteiger partial charge >= 0.3 is 12.1 Å². The van der Waals surface area contributed by atoms with E-state index in [0.717, 1.165) is 44.1 Å². The van der Waals surface area contributed by atoms with Gasteiger partial charge in [-0.2, -0.15) is 0 Å². The predicted molar refractivity (Wildman–Crippen MR) is 344 cm³/mol. The number of rotatable bonds is 35. The van der Waals surface area contributed by atoms with Gasteiger partial charge in [-0.05, 0) is 191 Å². The number of aryl methyl sites for hydroxylation is 1. The zero-order valence-electron chi connectivity index (χ0n) is 55.2. The highest BCUT2D eigenvalue weighted by molar-refractivity contribution is 7.90. The summed E-state index contributed by atoms with van der Waals surface area (Å²) in [6.45, 7) is 24.8. The van der Waals surface area contributed by atoms with E-state index in [2.05, 4.69) is 52.9 Å². The lowest BCUT2D eigenvalue weighted by Gasteiger charge is -2.35. The predicted octanol–water partition coefficient (Wildman–Crippen LogP) is 6.61. The van der Waals surface area contributed by atoms with Crippen molar-refractivity contribution >= 4 is 67.7 Å². The van der Waals surface area contributed by atoms with E-state index in [-0.39, 0.29) is 74.4 Å². The van der Waals surface area contributed by atoms with Gasteiger partial charge in [-0.1, -0.05) is 59.3 Å². The average Bonchev–Trinajstić information content (AvgIpc) is 0.800. The third kappa shape index (κ3) is 24.4. The van der Waals surface area contributed by atoms with Crippen molar-refractivity contribution in [1.82, 2.24) is 36.0 Å². The van der Waals surface area contributed by atoms with Crippen molar-refractivity contribution in [3.8, 4) is 11.5 Å². The number of aliphatic carboxylic acids is 1. The Hall–Kier alpha value is -6.90. The number of amides is 5. The van der Waals surface area contributed by atoms with E-state index >= 15 is 0 Å². The Kier molecular flexibility index (Phi) is 29.9. The first-order valence-electron chi connectivity index (χ1n) is 31.0. The molecule has 0 bridgehead atoms. The van der Waals surface area contributed by atoms with Crippen molar-refractivity contribution in [2.24, 2.45) is 27.4 Å². The Bertz CT molecular complexity index is 3090. The first-order valence-corrected chi connectivity index (χ1v) is 34.0. The van der Waals surface area contributed by atoms with Gasteiger partial charge in [0.05, 0.1) is 16.9 Å². The molecule has 0 aromatic heterocycles. The Labute approximate surface area is 528 Å². The number of alkyl carbamates (subject to hydrolysis) is 1. The molecule has 27 heteroatoms. The van der Waals surface area contributed by atoms with E-state index in [1.54, 1.807) is 82.2 Å². The molecule has 2 aromatic carbocycles. The number of carbonyl (C=O) groups is 6. The van der Waals surface area contributed by atoms with Gasteiger partial charge in [0.2, 0.25) is 35.5 Å². The molecule has 5 amide bonds. The Morgan fingerprint density at radius 2 is 1.19 bits per heavy atom. The van der Waals surface area contributed by atoms with Crippen LogP contribution in [0.3, 0.4) is 0 Å². The summed E-state index contributed by atoms with van der Waals surface area (Å²) >= 11 is 0. The van der Waals surface area contributed by atoms with Crippen molar-refractivity contribution in [2.45, 2.75) is 251 Å². The molecule has 0 fully saturated rings. The van der Waals surface area contributed by atoms with Gasteiger partial charge in [0.1, 0.15) is 46.9 Å². The van der Waals surface area contributed by atoms with Crippen LogP contribution in [0.4, 0.5) is 4.79 Å². The number of methoxy groups -OCH3 is 1. The fraction of sp³-hybridized carbons (Fsp3) is 0.677. The summed E-state index contributed by atoms with van der Waals surface area (Å²) in [6, 6.07) is -3.72. The smallest absolute Gasteiger partial charge is 0.407 e. The largest absolute Gasteiger partial charge is 0.496 e. The number of fused-ring (bicyclic) bond motifs is 1. The van der Waals surface area contributed by atoms with Crippen LogP contribution in [0.2, 0.25) is 0 Å². The van der Waals surface area contributed by atoms with E-state index in [9.17, 15) is 50.7 Å². The van der Waals surface area contributed by atoms with Gasteiger partial charge in [0, 0.05) is 26.1 Å². The molecule has 0 saturated carbocycles. The SMILES string of the molecule is CCCCCCCCCC(=O)N[C@@H](CCCN=C(N)NS(=O)(=O)c1c(C)cc(OC)c(C)c1C)C(=O)N[C@H](C(=O)N[C@@H](CCCCNC(=O)OC(C)(C)C)C(=O)N[C@@H](CCCN=C(N)NS(=O)(=O)c1c(C)c(C)c2c(c1C)CCC(C)(C)O2)C(=O)O)C(C)C. The Balaban J connectivity index is 1.82. The third-order valence-corrected chi connectivity index (χ3v) is 18.8. The molecule has 2 aromatic rings. The number of carboxylic acid groups (broad SMARTS) is 1. The van der Waals surface area contributed by atoms with E-state index in [1.807, 2.05) is 13.8 Å². The zero-order chi connectivity index (χ0) is 67.2. The van der Waals surface area contributed by atoms with Crippen molar-refractivity contribution in [1.29, 1.82) is 0 Å². The zero-order valence-corrected chi connectivity index (χ0v) is 56.9. The topological polar surface area (TPSA) is 380 Å². The molecular weight excluding hydrogens is 1190 g/mol. The van der Waals surface area contributed by atoms with Gasteiger partial charge < -0.3 is 57.4 Å². The molecule has 0 unspecified atom stereocenters.